The van der Waals surface area contributed by atoms with Crippen LogP contribution in [0.25, 0.3) is 27.7 Å². The van der Waals surface area contributed by atoms with Crippen molar-refractivity contribution in [2.75, 3.05) is 33.3 Å². The van der Waals surface area contributed by atoms with Gasteiger partial charge in [-0.15, -0.1) is 0 Å². The molecule has 0 atom stereocenters. The predicted molar refractivity (Wildman–Crippen MR) is 158 cm³/mol. The van der Waals surface area contributed by atoms with E-state index in [1.54, 1.807) is 7.11 Å². The maximum absolute atomic E-state index is 13.8. The fourth-order valence-corrected chi connectivity index (χ4v) is 5.51. The number of aromatic nitrogens is 1. The maximum Gasteiger partial charge on any atom is 0.255 e. The molecular formula is C34H31N3O3. The number of fused-ring (bicyclic) bond motifs is 1. The number of methoxy groups -OCH3 is 1. The summed E-state index contributed by atoms with van der Waals surface area (Å²) in [6.45, 7) is 3.96. The third-order valence-corrected chi connectivity index (χ3v) is 7.71. The van der Waals surface area contributed by atoms with Gasteiger partial charge in [-0.2, -0.15) is 0 Å². The number of hydrogen-bond donors (Lipinski definition) is 0. The second kappa shape index (κ2) is 10.7. The van der Waals surface area contributed by atoms with Gasteiger partial charge in [-0.1, -0.05) is 66.7 Å². The van der Waals surface area contributed by atoms with E-state index in [-0.39, 0.29) is 11.8 Å². The first-order chi connectivity index (χ1) is 19.5. The zero-order valence-corrected chi connectivity index (χ0v) is 22.7. The Morgan fingerprint density at radius 1 is 0.675 bits per heavy atom. The second-order valence-electron chi connectivity index (χ2n) is 10.1. The van der Waals surface area contributed by atoms with Gasteiger partial charge in [-0.3, -0.25) is 9.59 Å². The molecule has 1 saturated heterocycles. The Bertz CT molecular complexity index is 1700. The van der Waals surface area contributed by atoms with E-state index in [1.165, 1.54) is 0 Å². The van der Waals surface area contributed by atoms with Crippen molar-refractivity contribution < 1.29 is 14.3 Å². The van der Waals surface area contributed by atoms with Crippen LogP contribution in [0.3, 0.4) is 0 Å². The number of carbonyl (C=O) groups is 2. The predicted octanol–water partition coefficient (Wildman–Crippen LogP) is 6.21. The Kier molecular flexibility index (Phi) is 6.83. The molecule has 6 rings (SSSR count). The molecule has 1 fully saturated rings. The molecule has 200 valence electrons. The SMILES string of the molecule is COc1cccc(-n2c(-c3ccccc3)cc(C(=O)N3CCN(C(=O)c4ccc5ccccc5c4)CC3)c2C)c1. The van der Waals surface area contributed by atoms with Gasteiger partial charge in [0.2, 0.25) is 0 Å². The van der Waals surface area contributed by atoms with Crippen molar-refractivity contribution in [1.82, 2.24) is 14.4 Å². The Labute approximate surface area is 234 Å². The number of nitrogens with zero attached hydrogens (tertiary/aromatic N) is 3. The molecule has 0 unspecified atom stereocenters. The number of benzene rings is 4. The van der Waals surface area contributed by atoms with E-state index in [4.69, 9.17) is 4.74 Å². The molecule has 6 heteroatoms. The molecule has 0 saturated carbocycles. The van der Waals surface area contributed by atoms with Gasteiger partial charge in [0.05, 0.1) is 18.4 Å². The fraction of sp³-hybridized carbons (Fsp3) is 0.176. The minimum Gasteiger partial charge on any atom is -0.497 e. The summed E-state index contributed by atoms with van der Waals surface area (Å²) in [6, 6.07) is 33.8. The van der Waals surface area contributed by atoms with Crippen LogP contribution in [-0.2, 0) is 0 Å². The summed E-state index contributed by atoms with van der Waals surface area (Å²) in [5, 5.41) is 2.16. The highest BCUT2D eigenvalue weighted by Crippen LogP contribution is 2.31. The first-order valence-corrected chi connectivity index (χ1v) is 13.5. The number of ether oxygens (including phenoxy) is 1. The summed E-state index contributed by atoms with van der Waals surface area (Å²) in [5.74, 6) is 0.739. The van der Waals surface area contributed by atoms with Crippen molar-refractivity contribution in [3.8, 4) is 22.7 Å². The fourth-order valence-electron chi connectivity index (χ4n) is 5.51. The average molecular weight is 530 g/mol. The summed E-state index contributed by atoms with van der Waals surface area (Å²) in [7, 11) is 1.65. The lowest BCUT2D eigenvalue weighted by Gasteiger charge is -2.35. The molecule has 6 nitrogen and oxygen atoms in total. The molecule has 1 aromatic heterocycles. The van der Waals surface area contributed by atoms with Crippen LogP contribution in [0.4, 0.5) is 0 Å². The lowest BCUT2D eigenvalue weighted by atomic mass is 10.1. The number of rotatable bonds is 5. The maximum atomic E-state index is 13.8. The van der Waals surface area contributed by atoms with Gasteiger partial charge in [0, 0.05) is 49.2 Å². The van der Waals surface area contributed by atoms with Crippen molar-refractivity contribution in [3.05, 3.63) is 120 Å². The highest BCUT2D eigenvalue weighted by Gasteiger charge is 2.28. The van der Waals surface area contributed by atoms with E-state index >= 15 is 0 Å². The van der Waals surface area contributed by atoms with E-state index in [0.717, 1.165) is 39.2 Å². The van der Waals surface area contributed by atoms with Crippen LogP contribution in [0, 0.1) is 6.92 Å². The van der Waals surface area contributed by atoms with Gasteiger partial charge in [0.1, 0.15) is 5.75 Å². The van der Waals surface area contributed by atoms with Gasteiger partial charge in [0.25, 0.3) is 11.8 Å². The minimum absolute atomic E-state index is 0.00424. The van der Waals surface area contributed by atoms with Crippen molar-refractivity contribution in [2.45, 2.75) is 6.92 Å². The van der Waals surface area contributed by atoms with Crippen LogP contribution in [0.15, 0.2) is 103 Å². The monoisotopic (exact) mass is 529 g/mol. The Balaban J connectivity index is 1.25. The first kappa shape index (κ1) is 25.4. The summed E-state index contributed by atoms with van der Waals surface area (Å²) < 4.78 is 7.59. The highest BCUT2D eigenvalue weighted by molar-refractivity contribution is 6.00. The van der Waals surface area contributed by atoms with E-state index in [9.17, 15) is 9.59 Å². The minimum atomic E-state index is -0.0193. The number of carbonyl (C=O) groups excluding carboxylic acids is 2. The Morgan fingerprint density at radius 2 is 1.35 bits per heavy atom. The van der Waals surface area contributed by atoms with E-state index in [0.29, 0.717) is 37.3 Å². The molecule has 0 radical (unpaired) electrons. The van der Waals surface area contributed by atoms with Gasteiger partial charge in [-0.25, -0.2) is 0 Å². The summed E-state index contributed by atoms with van der Waals surface area (Å²) in [4.78, 5) is 30.8. The summed E-state index contributed by atoms with van der Waals surface area (Å²) >= 11 is 0. The molecule has 4 aromatic carbocycles. The quantitative estimate of drug-likeness (QED) is 0.272. The normalized spacial score (nSPS) is 13.4. The molecule has 0 bridgehead atoms. The topological polar surface area (TPSA) is 54.8 Å². The Hall–Kier alpha value is -4.84. The number of hydrogen-bond acceptors (Lipinski definition) is 3. The smallest absolute Gasteiger partial charge is 0.255 e. The molecule has 2 amide bonds. The van der Waals surface area contributed by atoms with Crippen molar-refractivity contribution in [3.63, 3.8) is 0 Å². The van der Waals surface area contributed by atoms with Crippen LogP contribution in [0.5, 0.6) is 5.75 Å². The van der Waals surface area contributed by atoms with Crippen LogP contribution in [0.1, 0.15) is 26.4 Å². The third-order valence-electron chi connectivity index (χ3n) is 7.71. The molecule has 40 heavy (non-hydrogen) atoms. The van der Waals surface area contributed by atoms with Crippen molar-refractivity contribution in [1.29, 1.82) is 0 Å². The molecule has 0 spiro atoms. The lowest BCUT2D eigenvalue weighted by molar-refractivity contribution is 0.0535. The van der Waals surface area contributed by atoms with Crippen LogP contribution >= 0.6 is 0 Å². The van der Waals surface area contributed by atoms with Crippen LogP contribution < -0.4 is 4.74 Å². The highest BCUT2D eigenvalue weighted by atomic mass is 16.5. The van der Waals surface area contributed by atoms with Gasteiger partial charge in [0.15, 0.2) is 0 Å². The summed E-state index contributed by atoms with van der Waals surface area (Å²) in [6.07, 6.45) is 0. The van der Waals surface area contributed by atoms with Crippen molar-refractivity contribution >= 4 is 22.6 Å². The van der Waals surface area contributed by atoms with E-state index in [1.807, 2.05) is 108 Å². The largest absolute Gasteiger partial charge is 0.497 e. The van der Waals surface area contributed by atoms with Gasteiger partial charge in [-0.05, 0) is 53.6 Å². The van der Waals surface area contributed by atoms with Gasteiger partial charge < -0.3 is 19.1 Å². The summed E-state index contributed by atoms with van der Waals surface area (Å²) in [5.41, 5.74) is 5.11. The molecule has 0 N–H and O–H groups in total. The molecule has 1 aliphatic heterocycles. The molecule has 2 heterocycles. The molecular weight excluding hydrogens is 498 g/mol. The molecule has 0 aliphatic carbocycles. The standard InChI is InChI=1S/C34H31N3O3/c1-24-31(23-32(26-10-4-3-5-11-26)37(24)29-13-8-14-30(22-29)40-2)34(39)36-19-17-35(18-20-36)33(38)28-16-15-25-9-6-7-12-27(25)21-28/h3-16,21-23H,17-20H2,1-2H3. The number of piperazine rings is 1. The third kappa shape index (κ3) is 4.73. The lowest BCUT2D eigenvalue weighted by Crippen LogP contribution is -2.50. The first-order valence-electron chi connectivity index (χ1n) is 13.5. The zero-order chi connectivity index (χ0) is 27.6. The second-order valence-corrected chi connectivity index (χ2v) is 10.1. The molecule has 1 aliphatic rings. The average Bonchev–Trinajstić information content (AvgIpc) is 3.37. The van der Waals surface area contributed by atoms with Crippen molar-refractivity contribution in [2.24, 2.45) is 0 Å². The van der Waals surface area contributed by atoms with Crippen LogP contribution in [0.2, 0.25) is 0 Å². The number of amides is 2. The van der Waals surface area contributed by atoms with Crippen LogP contribution in [-0.4, -0.2) is 59.5 Å². The zero-order valence-electron chi connectivity index (χ0n) is 22.7. The van der Waals surface area contributed by atoms with E-state index in [2.05, 4.69) is 16.7 Å². The molecule has 5 aromatic rings. The Morgan fingerprint density at radius 3 is 2.08 bits per heavy atom. The van der Waals surface area contributed by atoms with E-state index < -0.39 is 0 Å². The van der Waals surface area contributed by atoms with Gasteiger partial charge >= 0.3 is 0 Å².